The summed E-state index contributed by atoms with van der Waals surface area (Å²) in [5, 5.41) is 0. The van der Waals surface area contributed by atoms with E-state index < -0.39 is 0 Å². The maximum Gasteiger partial charge on any atom is 0.264 e. The van der Waals surface area contributed by atoms with E-state index in [1.807, 2.05) is 22.6 Å². The Labute approximate surface area is 118 Å². The van der Waals surface area contributed by atoms with Gasteiger partial charge in [0.2, 0.25) is 0 Å². The zero-order valence-electron chi connectivity index (χ0n) is 10.1. The van der Waals surface area contributed by atoms with Crippen molar-refractivity contribution in [3.63, 3.8) is 0 Å². The molecule has 1 N–H and O–H groups in total. The van der Waals surface area contributed by atoms with Gasteiger partial charge in [-0.05, 0) is 41.0 Å². The number of hydrogen-bond acceptors (Lipinski definition) is 4. The fourth-order valence-corrected chi connectivity index (χ4v) is 2.03. The van der Waals surface area contributed by atoms with Crippen LogP contribution in [0.25, 0.3) is 11.6 Å². The highest BCUT2D eigenvalue weighted by molar-refractivity contribution is 14.1. The van der Waals surface area contributed by atoms with E-state index in [2.05, 4.69) is 33.8 Å². The Bertz CT molecular complexity index is 595. The highest BCUT2D eigenvalue weighted by atomic mass is 127. The molecule has 0 saturated carbocycles. The molecule has 2 aromatic heterocycles. The van der Waals surface area contributed by atoms with Crippen LogP contribution in [0.2, 0.25) is 0 Å². The van der Waals surface area contributed by atoms with Gasteiger partial charge in [-0.25, -0.2) is 15.0 Å². The summed E-state index contributed by atoms with van der Waals surface area (Å²) in [6.07, 6.45) is 4.02. The lowest BCUT2D eigenvalue weighted by molar-refractivity contribution is 0.630. The van der Waals surface area contributed by atoms with Crippen molar-refractivity contribution in [1.82, 2.24) is 19.9 Å². The lowest BCUT2D eigenvalue weighted by Gasteiger charge is -2.07. The van der Waals surface area contributed by atoms with Gasteiger partial charge in [0.15, 0.2) is 11.6 Å². The third kappa shape index (κ3) is 2.92. The molecule has 0 bridgehead atoms. The van der Waals surface area contributed by atoms with E-state index in [-0.39, 0.29) is 5.56 Å². The van der Waals surface area contributed by atoms with Gasteiger partial charge in [-0.1, -0.05) is 13.8 Å². The van der Waals surface area contributed by atoms with Crippen molar-refractivity contribution in [3.05, 3.63) is 38.1 Å². The first kappa shape index (κ1) is 13.1. The summed E-state index contributed by atoms with van der Waals surface area (Å²) in [7, 11) is 0. The highest BCUT2D eigenvalue weighted by Crippen LogP contribution is 2.13. The molecule has 0 aliphatic heterocycles. The normalized spacial score (nSPS) is 10.9. The van der Waals surface area contributed by atoms with E-state index in [1.165, 1.54) is 0 Å². The number of rotatable bonds is 3. The molecule has 5 nitrogen and oxygen atoms in total. The van der Waals surface area contributed by atoms with Crippen LogP contribution in [-0.2, 0) is 6.42 Å². The summed E-state index contributed by atoms with van der Waals surface area (Å²) in [6, 6.07) is 1.73. The van der Waals surface area contributed by atoms with Crippen molar-refractivity contribution in [2.45, 2.75) is 20.3 Å². The van der Waals surface area contributed by atoms with Crippen molar-refractivity contribution in [3.8, 4) is 11.6 Å². The number of H-pyrrole nitrogens is 1. The Hall–Kier alpha value is -1.31. The number of halogens is 1. The number of hydrogen-bond donors (Lipinski definition) is 1. The summed E-state index contributed by atoms with van der Waals surface area (Å²) in [5.74, 6) is 1.31. The van der Waals surface area contributed by atoms with E-state index >= 15 is 0 Å². The standard InChI is InChI=1S/C12H13IN4O/c1-7(2)6-8-9(13)12(18)17-11(16-8)10-14-4-3-5-15-10/h3-5,7H,6H2,1-2H3,(H,16,17,18). The Morgan fingerprint density at radius 1 is 1.33 bits per heavy atom. The van der Waals surface area contributed by atoms with Crippen molar-refractivity contribution < 1.29 is 0 Å². The van der Waals surface area contributed by atoms with Crippen LogP contribution in [0.15, 0.2) is 23.3 Å². The van der Waals surface area contributed by atoms with Crippen molar-refractivity contribution >= 4 is 22.6 Å². The maximum absolute atomic E-state index is 11.9. The largest absolute Gasteiger partial charge is 0.303 e. The highest BCUT2D eigenvalue weighted by Gasteiger charge is 2.12. The molecule has 2 aromatic rings. The monoisotopic (exact) mass is 356 g/mol. The molecule has 0 spiro atoms. The maximum atomic E-state index is 11.9. The van der Waals surface area contributed by atoms with E-state index in [9.17, 15) is 4.79 Å². The number of aromatic amines is 1. The summed E-state index contributed by atoms with van der Waals surface area (Å²) >= 11 is 2.03. The second-order valence-electron chi connectivity index (χ2n) is 4.35. The van der Waals surface area contributed by atoms with Gasteiger partial charge in [0.25, 0.3) is 5.56 Å². The number of aromatic nitrogens is 4. The van der Waals surface area contributed by atoms with E-state index in [1.54, 1.807) is 18.5 Å². The van der Waals surface area contributed by atoms with Gasteiger partial charge in [0.05, 0.1) is 9.26 Å². The SMILES string of the molecule is CC(C)Cc1nc(-c2ncccn2)[nH]c(=O)c1I. The first-order valence-electron chi connectivity index (χ1n) is 5.64. The smallest absolute Gasteiger partial charge is 0.264 e. The molecule has 0 amide bonds. The van der Waals surface area contributed by atoms with Crippen LogP contribution in [0.4, 0.5) is 0 Å². The minimum atomic E-state index is -0.135. The molecule has 0 radical (unpaired) electrons. The second kappa shape index (κ2) is 5.55. The molecule has 6 heteroatoms. The van der Waals surface area contributed by atoms with Gasteiger partial charge in [-0.3, -0.25) is 4.79 Å². The Balaban J connectivity index is 2.51. The average molecular weight is 356 g/mol. The van der Waals surface area contributed by atoms with Crippen LogP contribution in [0.3, 0.4) is 0 Å². The summed E-state index contributed by atoms with van der Waals surface area (Å²) in [4.78, 5) is 27.2. The molecule has 0 atom stereocenters. The van der Waals surface area contributed by atoms with Crippen LogP contribution in [-0.4, -0.2) is 19.9 Å². The van der Waals surface area contributed by atoms with Gasteiger partial charge in [0.1, 0.15) is 0 Å². The van der Waals surface area contributed by atoms with Crippen LogP contribution in [0.5, 0.6) is 0 Å². The van der Waals surface area contributed by atoms with Gasteiger partial charge in [-0.15, -0.1) is 0 Å². The molecular formula is C12H13IN4O. The van der Waals surface area contributed by atoms with Crippen LogP contribution < -0.4 is 5.56 Å². The van der Waals surface area contributed by atoms with Crippen LogP contribution >= 0.6 is 22.6 Å². The van der Waals surface area contributed by atoms with E-state index in [0.29, 0.717) is 21.1 Å². The molecule has 0 fully saturated rings. The van der Waals surface area contributed by atoms with Crippen molar-refractivity contribution in [2.75, 3.05) is 0 Å². The van der Waals surface area contributed by atoms with Crippen molar-refractivity contribution in [2.24, 2.45) is 5.92 Å². The van der Waals surface area contributed by atoms with Gasteiger partial charge < -0.3 is 4.98 Å². The molecule has 0 aliphatic carbocycles. The minimum Gasteiger partial charge on any atom is -0.303 e. The van der Waals surface area contributed by atoms with Gasteiger partial charge >= 0.3 is 0 Å². The lowest BCUT2D eigenvalue weighted by Crippen LogP contribution is -2.18. The molecule has 2 heterocycles. The fourth-order valence-electron chi connectivity index (χ4n) is 1.55. The molecule has 94 valence electrons. The lowest BCUT2D eigenvalue weighted by atomic mass is 10.1. The number of nitrogens with one attached hydrogen (secondary N) is 1. The van der Waals surface area contributed by atoms with E-state index in [4.69, 9.17) is 0 Å². The zero-order valence-corrected chi connectivity index (χ0v) is 12.3. The molecule has 0 unspecified atom stereocenters. The molecule has 0 aliphatic rings. The predicted octanol–water partition coefficient (Wildman–Crippen LogP) is 2.03. The Morgan fingerprint density at radius 2 is 2.00 bits per heavy atom. The van der Waals surface area contributed by atoms with Crippen LogP contribution in [0, 0.1) is 9.49 Å². The van der Waals surface area contributed by atoms with Gasteiger partial charge in [0, 0.05) is 12.4 Å². The topological polar surface area (TPSA) is 71.5 Å². The molecule has 0 saturated heterocycles. The molecular weight excluding hydrogens is 343 g/mol. The Kier molecular flexibility index (Phi) is 4.05. The molecule has 18 heavy (non-hydrogen) atoms. The molecule has 0 aromatic carbocycles. The van der Waals surface area contributed by atoms with Crippen LogP contribution in [0.1, 0.15) is 19.5 Å². The quantitative estimate of drug-likeness (QED) is 0.855. The summed E-state index contributed by atoms with van der Waals surface area (Å²) in [6.45, 7) is 4.19. The second-order valence-corrected chi connectivity index (χ2v) is 5.42. The minimum absolute atomic E-state index is 0.135. The first-order chi connectivity index (χ1) is 8.58. The third-order valence-corrected chi connectivity index (χ3v) is 3.42. The molecule has 2 rings (SSSR count). The van der Waals surface area contributed by atoms with E-state index in [0.717, 1.165) is 12.1 Å². The summed E-state index contributed by atoms with van der Waals surface area (Å²) in [5.41, 5.74) is 0.667. The zero-order chi connectivity index (χ0) is 13.1. The number of nitrogens with zero attached hydrogens (tertiary/aromatic N) is 3. The fraction of sp³-hybridized carbons (Fsp3) is 0.333. The predicted molar refractivity (Wildman–Crippen MR) is 77.1 cm³/mol. The van der Waals surface area contributed by atoms with Gasteiger partial charge in [-0.2, -0.15) is 0 Å². The first-order valence-corrected chi connectivity index (χ1v) is 6.72. The Morgan fingerprint density at radius 3 is 2.61 bits per heavy atom. The third-order valence-electron chi connectivity index (χ3n) is 2.31. The average Bonchev–Trinajstić information content (AvgIpc) is 2.35. The van der Waals surface area contributed by atoms with Crippen molar-refractivity contribution in [1.29, 1.82) is 0 Å². The summed E-state index contributed by atoms with van der Waals surface area (Å²) < 4.78 is 0.640.